The van der Waals surface area contributed by atoms with E-state index in [1.165, 1.54) is 0 Å². The Balaban J connectivity index is 2.21. The molecule has 76 valence electrons. The summed E-state index contributed by atoms with van der Waals surface area (Å²) in [5.41, 5.74) is 2.20. The molecule has 1 aromatic rings. The second-order valence-electron chi connectivity index (χ2n) is 2.98. The van der Waals surface area contributed by atoms with Crippen LogP contribution in [0.1, 0.15) is 5.69 Å². The molecule has 0 aromatic carbocycles. The van der Waals surface area contributed by atoms with Crippen LogP contribution in [-0.4, -0.2) is 23.0 Å². The van der Waals surface area contributed by atoms with Crippen LogP contribution >= 0.6 is 11.8 Å². The van der Waals surface area contributed by atoms with E-state index in [1.807, 2.05) is 37.0 Å². The quantitative estimate of drug-likeness (QED) is 0.575. The van der Waals surface area contributed by atoms with E-state index in [-0.39, 0.29) is 0 Å². The molecule has 0 unspecified atom stereocenters. The monoisotopic (exact) mass is 208 g/mol. The summed E-state index contributed by atoms with van der Waals surface area (Å²) in [6, 6.07) is 4.04. The number of nitrogens with zero attached hydrogens (tertiary/aromatic N) is 1. The molecule has 0 aliphatic carbocycles. The third-order valence-corrected chi connectivity index (χ3v) is 2.67. The van der Waals surface area contributed by atoms with Crippen LogP contribution in [0, 0.1) is 6.92 Å². The summed E-state index contributed by atoms with van der Waals surface area (Å²) in [5, 5.41) is 3.35. The van der Waals surface area contributed by atoms with E-state index in [2.05, 4.69) is 22.9 Å². The van der Waals surface area contributed by atoms with E-state index in [4.69, 9.17) is 0 Å². The molecule has 3 heteroatoms. The maximum absolute atomic E-state index is 4.14. The lowest BCUT2D eigenvalue weighted by atomic mass is 10.3. The van der Waals surface area contributed by atoms with Crippen molar-refractivity contribution in [2.45, 2.75) is 6.92 Å². The Morgan fingerprint density at radius 1 is 1.64 bits per heavy atom. The summed E-state index contributed by atoms with van der Waals surface area (Å²) in [6.45, 7) is 6.66. The Labute approximate surface area is 89.8 Å². The highest BCUT2D eigenvalue weighted by molar-refractivity contribution is 7.99. The number of anilines is 1. The van der Waals surface area contributed by atoms with Crippen molar-refractivity contribution in [2.24, 2.45) is 0 Å². The molecule has 1 heterocycles. The molecular formula is C11H16N2S. The van der Waals surface area contributed by atoms with Gasteiger partial charge >= 0.3 is 0 Å². The van der Waals surface area contributed by atoms with E-state index in [1.54, 1.807) is 0 Å². The molecule has 2 nitrogen and oxygen atoms in total. The minimum absolute atomic E-state index is 0.988. The average Bonchev–Trinajstić information content (AvgIpc) is 2.18. The summed E-state index contributed by atoms with van der Waals surface area (Å²) >= 11 is 1.88. The number of aryl methyl sites for hydroxylation is 1. The average molecular weight is 208 g/mol. The Hall–Kier alpha value is -0.960. The molecular weight excluding hydrogens is 192 g/mol. The van der Waals surface area contributed by atoms with Crippen LogP contribution in [0.4, 0.5) is 5.69 Å². The van der Waals surface area contributed by atoms with Crippen molar-refractivity contribution < 1.29 is 0 Å². The highest BCUT2D eigenvalue weighted by atomic mass is 32.2. The second kappa shape index (κ2) is 6.49. The zero-order valence-corrected chi connectivity index (χ0v) is 9.31. The van der Waals surface area contributed by atoms with Crippen molar-refractivity contribution in [3.63, 3.8) is 0 Å². The molecule has 0 saturated carbocycles. The van der Waals surface area contributed by atoms with Gasteiger partial charge in [0.1, 0.15) is 0 Å². The largest absolute Gasteiger partial charge is 0.384 e. The van der Waals surface area contributed by atoms with E-state index >= 15 is 0 Å². The van der Waals surface area contributed by atoms with Gasteiger partial charge in [-0.05, 0) is 19.1 Å². The summed E-state index contributed by atoms with van der Waals surface area (Å²) in [4.78, 5) is 4.14. The molecule has 0 saturated heterocycles. The second-order valence-corrected chi connectivity index (χ2v) is 4.13. The molecule has 1 rings (SSSR count). The molecule has 0 aliphatic heterocycles. The highest BCUT2D eigenvalue weighted by Crippen LogP contribution is 2.07. The van der Waals surface area contributed by atoms with Crippen LogP contribution in [0.5, 0.6) is 0 Å². The molecule has 0 aliphatic rings. The predicted octanol–water partition coefficient (Wildman–Crippen LogP) is 2.72. The van der Waals surface area contributed by atoms with Crippen LogP contribution in [0.15, 0.2) is 31.0 Å². The van der Waals surface area contributed by atoms with Crippen molar-refractivity contribution in [2.75, 3.05) is 23.4 Å². The molecule has 14 heavy (non-hydrogen) atoms. The van der Waals surface area contributed by atoms with Crippen molar-refractivity contribution >= 4 is 17.4 Å². The van der Waals surface area contributed by atoms with E-state index in [0.717, 1.165) is 29.4 Å². The van der Waals surface area contributed by atoms with E-state index < -0.39 is 0 Å². The van der Waals surface area contributed by atoms with Gasteiger partial charge in [0.2, 0.25) is 0 Å². The number of hydrogen-bond acceptors (Lipinski definition) is 3. The molecule has 1 aromatic heterocycles. The number of nitrogens with one attached hydrogen (secondary N) is 1. The van der Waals surface area contributed by atoms with Crippen molar-refractivity contribution in [3.05, 3.63) is 36.7 Å². The number of aromatic nitrogens is 1. The number of hydrogen-bond donors (Lipinski definition) is 1. The summed E-state index contributed by atoms with van der Waals surface area (Å²) in [5.74, 6) is 2.13. The molecule has 0 radical (unpaired) electrons. The standard InChI is InChI=1S/C11H16N2S/c1-3-7-14-8-6-13-11-4-5-12-10(2)9-11/h3-5,9H,1,6-8H2,2H3,(H,12,13). The van der Waals surface area contributed by atoms with Gasteiger partial charge in [-0.25, -0.2) is 0 Å². The van der Waals surface area contributed by atoms with Gasteiger partial charge in [-0.2, -0.15) is 11.8 Å². The zero-order valence-electron chi connectivity index (χ0n) is 8.49. The SMILES string of the molecule is C=CCSCCNc1ccnc(C)c1. The molecule has 0 spiro atoms. The van der Waals surface area contributed by atoms with Crippen molar-refractivity contribution in [1.82, 2.24) is 4.98 Å². The van der Waals surface area contributed by atoms with Crippen LogP contribution < -0.4 is 5.32 Å². The minimum Gasteiger partial charge on any atom is -0.384 e. The third kappa shape index (κ3) is 4.33. The number of rotatable bonds is 6. The number of pyridine rings is 1. The van der Waals surface area contributed by atoms with Gasteiger partial charge in [-0.1, -0.05) is 6.08 Å². The van der Waals surface area contributed by atoms with Gasteiger partial charge in [0.15, 0.2) is 0 Å². The van der Waals surface area contributed by atoms with Gasteiger partial charge in [0.05, 0.1) is 0 Å². The van der Waals surface area contributed by atoms with E-state index in [9.17, 15) is 0 Å². The molecule has 0 fully saturated rings. The summed E-state index contributed by atoms with van der Waals surface area (Å²) in [6.07, 6.45) is 3.76. The molecule has 0 bridgehead atoms. The van der Waals surface area contributed by atoms with E-state index in [0.29, 0.717) is 0 Å². The van der Waals surface area contributed by atoms with Crippen molar-refractivity contribution in [3.8, 4) is 0 Å². The van der Waals surface area contributed by atoms with Crippen LogP contribution in [-0.2, 0) is 0 Å². The lowest BCUT2D eigenvalue weighted by Crippen LogP contribution is -2.04. The van der Waals surface area contributed by atoms with Crippen molar-refractivity contribution in [1.29, 1.82) is 0 Å². The topological polar surface area (TPSA) is 24.9 Å². The zero-order chi connectivity index (χ0) is 10.2. The fourth-order valence-corrected chi connectivity index (χ4v) is 1.67. The first-order chi connectivity index (χ1) is 6.83. The van der Waals surface area contributed by atoms with Crippen LogP contribution in [0.25, 0.3) is 0 Å². The maximum Gasteiger partial charge on any atom is 0.0393 e. The Bertz CT molecular complexity index is 286. The first kappa shape index (κ1) is 11.1. The molecule has 0 atom stereocenters. The maximum atomic E-state index is 4.14. The van der Waals surface area contributed by atoms with Gasteiger partial charge in [0, 0.05) is 35.6 Å². The predicted molar refractivity (Wildman–Crippen MR) is 65.0 cm³/mol. The Kier molecular flexibility index (Phi) is 5.15. The normalized spacial score (nSPS) is 9.79. The highest BCUT2D eigenvalue weighted by Gasteiger charge is 1.92. The lowest BCUT2D eigenvalue weighted by molar-refractivity contribution is 1.17. The number of thioether (sulfide) groups is 1. The summed E-state index contributed by atoms with van der Waals surface area (Å²) in [7, 11) is 0. The fourth-order valence-electron chi connectivity index (χ4n) is 1.09. The van der Waals surface area contributed by atoms with Crippen LogP contribution in [0.2, 0.25) is 0 Å². The first-order valence-corrected chi connectivity index (χ1v) is 5.83. The first-order valence-electron chi connectivity index (χ1n) is 4.68. The van der Waals surface area contributed by atoms with Gasteiger partial charge in [-0.15, -0.1) is 6.58 Å². The van der Waals surface area contributed by atoms with Gasteiger partial charge < -0.3 is 5.32 Å². The van der Waals surface area contributed by atoms with Gasteiger partial charge in [0.25, 0.3) is 0 Å². The minimum atomic E-state index is 0.988. The smallest absolute Gasteiger partial charge is 0.0393 e. The Morgan fingerprint density at radius 3 is 3.21 bits per heavy atom. The Morgan fingerprint density at radius 2 is 2.50 bits per heavy atom. The lowest BCUT2D eigenvalue weighted by Gasteiger charge is -2.05. The molecule has 1 N–H and O–H groups in total. The van der Waals surface area contributed by atoms with Crippen LogP contribution in [0.3, 0.4) is 0 Å². The third-order valence-electron chi connectivity index (χ3n) is 1.71. The fraction of sp³-hybridized carbons (Fsp3) is 0.364. The van der Waals surface area contributed by atoms with Gasteiger partial charge in [-0.3, -0.25) is 4.98 Å². The summed E-state index contributed by atoms with van der Waals surface area (Å²) < 4.78 is 0. The molecule has 0 amide bonds.